The van der Waals surface area contributed by atoms with Gasteiger partial charge in [0.1, 0.15) is 12.7 Å². The molecule has 0 unspecified atom stereocenters. The number of carbonyl (C=O) groups excluding carboxylic acids is 3. The number of nitrogens with one attached hydrogen (secondary N) is 2. The summed E-state index contributed by atoms with van der Waals surface area (Å²) in [5.41, 5.74) is 5.80. The van der Waals surface area contributed by atoms with Crippen LogP contribution in [0.1, 0.15) is 50.7 Å². The van der Waals surface area contributed by atoms with E-state index in [1.165, 1.54) is 28.7 Å². The van der Waals surface area contributed by atoms with Gasteiger partial charge in [0.2, 0.25) is 20.0 Å². The first-order valence-corrected chi connectivity index (χ1v) is 29.7. The van der Waals surface area contributed by atoms with Crippen LogP contribution in [0.3, 0.4) is 0 Å². The third kappa shape index (κ3) is 19.8. The van der Waals surface area contributed by atoms with Crippen LogP contribution in [-0.2, 0) is 42.7 Å². The van der Waals surface area contributed by atoms with Crippen LogP contribution in [-0.4, -0.2) is 173 Å². The lowest BCUT2D eigenvalue weighted by atomic mass is 10.0. The quantitative estimate of drug-likeness (QED) is 0.0815. The van der Waals surface area contributed by atoms with Crippen LogP contribution < -0.4 is 28.4 Å². The molecule has 26 heteroatoms. The standard InChI is InChI=1S/2C26H33N5O5S.C4H8O2.2ClH/c2*1-29(22-10-12-30(13-11-22)16-19-8-9-24(35-2)25(14-19)36-3)26(32)31-17-23(27-18-31)20-6-5-7-21(15-20)28-37(4,33)34;1-3-6-4(2)5;;/h2*5-9,14-15,17-18,22,28H,10-13,16H2,1-4H3;3H2,1-2H3;2*1H. The van der Waals surface area contributed by atoms with E-state index < -0.39 is 20.0 Å². The van der Waals surface area contributed by atoms with Crippen molar-refractivity contribution >= 4 is 74.3 Å². The number of nitrogens with zero attached hydrogens (tertiary/aromatic N) is 8. The largest absolute Gasteiger partial charge is 0.493 e. The van der Waals surface area contributed by atoms with Gasteiger partial charge in [-0.05, 0) is 92.3 Å². The highest BCUT2D eigenvalue weighted by Crippen LogP contribution is 2.31. The molecule has 0 spiro atoms. The minimum Gasteiger partial charge on any atom is -0.493 e. The van der Waals surface area contributed by atoms with Crippen LogP contribution in [0.25, 0.3) is 22.5 Å². The lowest BCUT2D eigenvalue weighted by Crippen LogP contribution is -2.46. The monoisotopic (exact) mass is 1210 g/mol. The Balaban J connectivity index is 0.000000313. The molecule has 2 saturated heterocycles. The molecular formula is C56H76Cl2N10O12S2. The summed E-state index contributed by atoms with van der Waals surface area (Å²) < 4.78 is 79.9. The Kier molecular flexibility index (Phi) is 25.8. The van der Waals surface area contributed by atoms with E-state index in [1.54, 1.807) is 94.0 Å². The van der Waals surface area contributed by atoms with Crippen LogP contribution in [0.4, 0.5) is 21.0 Å². The molecule has 2 aliphatic heterocycles. The molecule has 8 rings (SSSR count). The predicted octanol–water partition coefficient (Wildman–Crippen LogP) is 8.42. The van der Waals surface area contributed by atoms with Gasteiger partial charge in [-0.3, -0.25) is 33.2 Å². The number of esters is 1. The Bertz CT molecular complexity index is 3070. The molecule has 2 fully saturated rings. The molecule has 448 valence electrons. The SMILES string of the molecule is CCOC(C)=O.COc1ccc(CN2CCC(N(C)C(=O)n3cnc(-c4cccc(NS(C)(=O)=O)c4)c3)CC2)cc1OC.COc1ccc(CN2CCC(N(C)C(=O)n3cnc(-c4cccc(NS(C)(=O)=O)c4)c3)CC2)cc1OC.Cl.Cl. The number of methoxy groups -OCH3 is 4. The van der Waals surface area contributed by atoms with Crippen LogP contribution in [0.5, 0.6) is 23.0 Å². The van der Waals surface area contributed by atoms with E-state index >= 15 is 0 Å². The van der Waals surface area contributed by atoms with E-state index in [0.717, 1.165) is 100 Å². The number of hydrogen-bond donors (Lipinski definition) is 2. The molecule has 82 heavy (non-hydrogen) atoms. The van der Waals surface area contributed by atoms with Gasteiger partial charge in [-0.2, -0.15) is 0 Å². The molecule has 2 aromatic heterocycles. The maximum Gasteiger partial charge on any atom is 0.329 e. The minimum atomic E-state index is -3.39. The minimum absolute atomic E-state index is 0. The molecule has 0 bridgehead atoms. The fourth-order valence-electron chi connectivity index (χ4n) is 9.35. The average Bonchev–Trinajstić information content (AvgIpc) is 4.27. The van der Waals surface area contributed by atoms with Crippen molar-refractivity contribution in [2.75, 3.05) is 97.3 Å². The number of ether oxygens (including phenoxy) is 5. The first-order valence-electron chi connectivity index (χ1n) is 25.9. The molecule has 2 amide bonds. The Hall–Kier alpha value is -7.09. The average molecular weight is 1220 g/mol. The second-order valence-corrected chi connectivity index (χ2v) is 22.8. The third-order valence-corrected chi connectivity index (χ3v) is 14.6. The van der Waals surface area contributed by atoms with Gasteiger partial charge < -0.3 is 33.5 Å². The number of amides is 2. The van der Waals surface area contributed by atoms with Gasteiger partial charge in [0.15, 0.2) is 23.0 Å². The van der Waals surface area contributed by atoms with Gasteiger partial charge in [-0.1, -0.05) is 36.4 Å². The number of hydrogen-bond acceptors (Lipinski definition) is 16. The number of imidazole rings is 2. The van der Waals surface area contributed by atoms with Crippen LogP contribution in [0.15, 0.2) is 110 Å². The zero-order valence-corrected chi connectivity index (χ0v) is 51.2. The topological polar surface area (TPSA) is 238 Å². The zero-order valence-electron chi connectivity index (χ0n) is 47.9. The highest BCUT2D eigenvalue weighted by molar-refractivity contribution is 7.92. The van der Waals surface area contributed by atoms with Crippen LogP contribution >= 0.6 is 24.8 Å². The number of carbonyl (C=O) groups is 3. The normalized spacial score (nSPS) is 13.9. The molecular weight excluding hydrogens is 1140 g/mol. The van der Waals surface area contributed by atoms with Crippen LogP contribution in [0.2, 0.25) is 0 Å². The lowest BCUT2D eigenvalue weighted by Gasteiger charge is -2.36. The van der Waals surface area contributed by atoms with Crippen molar-refractivity contribution in [1.29, 1.82) is 0 Å². The van der Waals surface area contributed by atoms with Crippen molar-refractivity contribution in [3.63, 3.8) is 0 Å². The van der Waals surface area contributed by atoms with Gasteiger partial charge in [0, 0.05) is 107 Å². The third-order valence-electron chi connectivity index (χ3n) is 13.4. The summed E-state index contributed by atoms with van der Waals surface area (Å²) in [4.78, 5) is 53.2. The number of halogens is 2. The smallest absolute Gasteiger partial charge is 0.329 e. The molecule has 0 atom stereocenters. The number of sulfonamides is 2. The Morgan fingerprint density at radius 1 is 0.573 bits per heavy atom. The van der Waals surface area contributed by atoms with Gasteiger partial charge in [-0.15, -0.1) is 24.8 Å². The molecule has 2 N–H and O–H groups in total. The van der Waals surface area contributed by atoms with Crippen molar-refractivity contribution in [3.05, 3.63) is 121 Å². The summed E-state index contributed by atoms with van der Waals surface area (Å²) in [6, 6.07) is 25.7. The second-order valence-electron chi connectivity index (χ2n) is 19.3. The van der Waals surface area contributed by atoms with Crippen molar-refractivity contribution in [2.45, 2.75) is 64.7 Å². The lowest BCUT2D eigenvalue weighted by molar-refractivity contribution is -0.140. The second kappa shape index (κ2) is 31.4. The van der Waals surface area contributed by atoms with Crippen molar-refractivity contribution in [2.24, 2.45) is 0 Å². The summed E-state index contributed by atoms with van der Waals surface area (Å²) in [6.07, 6.45) is 12.0. The molecule has 4 aromatic carbocycles. The Morgan fingerprint density at radius 2 is 0.939 bits per heavy atom. The summed E-state index contributed by atoms with van der Waals surface area (Å²) in [5.74, 6) is 2.66. The molecule has 6 aromatic rings. The maximum atomic E-state index is 13.2. The fraction of sp³-hybridized carbons (Fsp3) is 0.411. The molecule has 0 radical (unpaired) electrons. The number of anilines is 2. The van der Waals surface area contributed by atoms with Crippen molar-refractivity contribution < 1.29 is 54.9 Å². The summed E-state index contributed by atoms with van der Waals surface area (Å²) >= 11 is 0. The van der Waals surface area contributed by atoms with Crippen LogP contribution in [0, 0.1) is 0 Å². The number of benzene rings is 4. The summed E-state index contributed by atoms with van der Waals surface area (Å²) in [5, 5.41) is 0. The molecule has 0 aliphatic carbocycles. The van der Waals surface area contributed by atoms with Crippen molar-refractivity contribution in [1.82, 2.24) is 38.7 Å². The summed E-state index contributed by atoms with van der Waals surface area (Å²) in [6.45, 7) is 8.79. The van der Waals surface area contributed by atoms with E-state index in [2.05, 4.69) is 33.9 Å². The van der Waals surface area contributed by atoms with E-state index in [4.69, 9.17) is 18.9 Å². The maximum absolute atomic E-state index is 13.2. The van der Waals surface area contributed by atoms with E-state index in [9.17, 15) is 31.2 Å². The Labute approximate surface area is 494 Å². The fourth-order valence-corrected chi connectivity index (χ4v) is 10.5. The molecule has 0 saturated carbocycles. The van der Waals surface area contributed by atoms with Gasteiger partial charge >= 0.3 is 18.0 Å². The van der Waals surface area contributed by atoms with E-state index in [1.807, 2.05) is 62.6 Å². The molecule has 4 heterocycles. The molecule has 2 aliphatic rings. The van der Waals surface area contributed by atoms with Crippen molar-refractivity contribution in [3.8, 4) is 45.5 Å². The van der Waals surface area contributed by atoms with Gasteiger partial charge in [-0.25, -0.2) is 36.4 Å². The summed E-state index contributed by atoms with van der Waals surface area (Å²) in [7, 11) is 3.40. The predicted molar refractivity (Wildman–Crippen MR) is 322 cm³/mol. The number of likely N-dealkylation sites (tertiary alicyclic amines) is 2. The Morgan fingerprint density at radius 3 is 1.24 bits per heavy atom. The molecule has 22 nitrogen and oxygen atoms in total. The number of piperidine rings is 2. The highest BCUT2D eigenvalue weighted by atomic mass is 35.5. The van der Waals surface area contributed by atoms with E-state index in [-0.39, 0.29) is 54.9 Å². The number of rotatable bonds is 17. The zero-order chi connectivity index (χ0) is 58.1. The number of aromatic nitrogens is 4. The highest BCUT2D eigenvalue weighted by Gasteiger charge is 2.28. The van der Waals surface area contributed by atoms with Gasteiger partial charge in [0.05, 0.1) is 58.9 Å². The first kappa shape index (κ1) is 67.4. The van der Waals surface area contributed by atoms with Gasteiger partial charge in [0.25, 0.3) is 0 Å². The first-order chi connectivity index (χ1) is 38.1. The van der Waals surface area contributed by atoms with E-state index in [0.29, 0.717) is 52.0 Å².